The van der Waals surface area contributed by atoms with Gasteiger partial charge < -0.3 is 5.73 Å². The van der Waals surface area contributed by atoms with E-state index >= 15 is 0 Å². The fourth-order valence-corrected chi connectivity index (χ4v) is 2.15. The molecule has 78 valence electrons. The molecule has 2 N–H and O–H groups in total. The van der Waals surface area contributed by atoms with E-state index in [-0.39, 0.29) is 5.82 Å². The highest BCUT2D eigenvalue weighted by Gasteiger charge is 2.24. The minimum atomic E-state index is -0.650. The standard InChI is InChI=1S/C11H15BrFN/c1-6-5-8(12)10(13)9(7(6)2)11(3,4)14/h5H,14H2,1-4H3. The summed E-state index contributed by atoms with van der Waals surface area (Å²) in [7, 11) is 0. The molecule has 0 atom stereocenters. The molecule has 0 saturated carbocycles. The van der Waals surface area contributed by atoms with Gasteiger partial charge in [0.1, 0.15) is 5.82 Å². The molecule has 1 aromatic carbocycles. The molecule has 0 spiro atoms. The highest BCUT2D eigenvalue weighted by molar-refractivity contribution is 9.10. The fourth-order valence-electron chi connectivity index (χ4n) is 1.61. The van der Waals surface area contributed by atoms with E-state index in [1.165, 1.54) is 0 Å². The second kappa shape index (κ2) is 3.63. The van der Waals surface area contributed by atoms with Crippen LogP contribution in [0.15, 0.2) is 10.5 Å². The first kappa shape index (κ1) is 11.7. The molecular formula is C11H15BrFN. The van der Waals surface area contributed by atoms with Gasteiger partial charge in [0.25, 0.3) is 0 Å². The van der Waals surface area contributed by atoms with Crippen LogP contribution in [0.3, 0.4) is 0 Å². The van der Waals surface area contributed by atoms with Crippen molar-refractivity contribution in [1.29, 1.82) is 0 Å². The number of hydrogen-bond donors (Lipinski definition) is 1. The van der Waals surface area contributed by atoms with E-state index in [2.05, 4.69) is 15.9 Å². The quantitative estimate of drug-likeness (QED) is 0.822. The topological polar surface area (TPSA) is 26.0 Å². The maximum Gasteiger partial charge on any atom is 0.142 e. The smallest absolute Gasteiger partial charge is 0.142 e. The average Bonchev–Trinajstić information content (AvgIpc) is 1.98. The van der Waals surface area contributed by atoms with Crippen molar-refractivity contribution in [3.8, 4) is 0 Å². The zero-order valence-corrected chi connectivity index (χ0v) is 10.5. The van der Waals surface area contributed by atoms with Gasteiger partial charge in [-0.2, -0.15) is 0 Å². The number of rotatable bonds is 1. The van der Waals surface area contributed by atoms with Crippen molar-refractivity contribution in [2.75, 3.05) is 0 Å². The minimum absolute atomic E-state index is 0.249. The van der Waals surface area contributed by atoms with Crippen molar-refractivity contribution in [3.63, 3.8) is 0 Å². The molecule has 1 nitrogen and oxygen atoms in total. The lowest BCUT2D eigenvalue weighted by atomic mass is 9.89. The molecule has 0 saturated heterocycles. The molecule has 0 aromatic heterocycles. The summed E-state index contributed by atoms with van der Waals surface area (Å²) in [6.07, 6.45) is 0. The number of halogens is 2. The van der Waals surface area contributed by atoms with Crippen molar-refractivity contribution in [1.82, 2.24) is 0 Å². The molecule has 0 unspecified atom stereocenters. The molecule has 0 aliphatic rings. The van der Waals surface area contributed by atoms with Crippen LogP contribution in [0.2, 0.25) is 0 Å². The van der Waals surface area contributed by atoms with Gasteiger partial charge in [0.15, 0.2) is 0 Å². The summed E-state index contributed by atoms with van der Waals surface area (Å²) in [5.74, 6) is -0.249. The van der Waals surface area contributed by atoms with E-state index in [9.17, 15) is 4.39 Å². The third-order valence-electron chi connectivity index (χ3n) is 2.38. The molecule has 3 heteroatoms. The third kappa shape index (κ3) is 1.98. The van der Waals surface area contributed by atoms with Crippen LogP contribution in [0.25, 0.3) is 0 Å². The minimum Gasteiger partial charge on any atom is -0.322 e. The summed E-state index contributed by atoms with van der Waals surface area (Å²) in [4.78, 5) is 0. The van der Waals surface area contributed by atoms with Crippen LogP contribution < -0.4 is 5.73 Å². The Labute approximate surface area is 92.6 Å². The van der Waals surface area contributed by atoms with Crippen LogP contribution in [-0.2, 0) is 5.54 Å². The van der Waals surface area contributed by atoms with Crippen LogP contribution >= 0.6 is 15.9 Å². The molecule has 0 heterocycles. The second-order valence-electron chi connectivity index (χ2n) is 4.21. The Bertz CT molecular complexity index is 340. The molecule has 14 heavy (non-hydrogen) atoms. The lowest BCUT2D eigenvalue weighted by Crippen LogP contribution is -2.31. The van der Waals surface area contributed by atoms with Gasteiger partial charge in [0.2, 0.25) is 0 Å². The first-order valence-electron chi connectivity index (χ1n) is 4.49. The van der Waals surface area contributed by atoms with Crippen LogP contribution in [0.1, 0.15) is 30.5 Å². The summed E-state index contributed by atoms with van der Waals surface area (Å²) in [6.45, 7) is 7.47. The van der Waals surface area contributed by atoms with Gasteiger partial charge in [-0.3, -0.25) is 0 Å². The highest BCUT2D eigenvalue weighted by atomic mass is 79.9. The molecular weight excluding hydrogens is 245 g/mol. The first-order chi connectivity index (χ1) is 6.25. The lowest BCUT2D eigenvalue weighted by molar-refractivity contribution is 0.494. The van der Waals surface area contributed by atoms with E-state index in [0.29, 0.717) is 10.0 Å². The van der Waals surface area contributed by atoms with Crippen molar-refractivity contribution in [2.24, 2.45) is 5.73 Å². The van der Waals surface area contributed by atoms with Crippen LogP contribution in [0.5, 0.6) is 0 Å². The number of nitrogens with two attached hydrogens (primary N) is 1. The predicted octanol–water partition coefficient (Wildman–Crippen LogP) is 3.40. The maximum atomic E-state index is 13.8. The van der Waals surface area contributed by atoms with Gasteiger partial charge in [-0.15, -0.1) is 0 Å². The molecule has 1 rings (SSSR count). The Kier molecular flexibility index (Phi) is 3.02. The Morgan fingerprint density at radius 1 is 1.36 bits per heavy atom. The van der Waals surface area contributed by atoms with Gasteiger partial charge >= 0.3 is 0 Å². The van der Waals surface area contributed by atoms with Crippen LogP contribution in [-0.4, -0.2) is 0 Å². The van der Waals surface area contributed by atoms with Crippen molar-refractivity contribution in [2.45, 2.75) is 33.2 Å². The Hall–Kier alpha value is -0.410. The number of hydrogen-bond acceptors (Lipinski definition) is 1. The van der Waals surface area contributed by atoms with Gasteiger partial charge in [-0.25, -0.2) is 4.39 Å². The average molecular weight is 260 g/mol. The Morgan fingerprint density at radius 2 is 1.86 bits per heavy atom. The third-order valence-corrected chi connectivity index (χ3v) is 2.96. The molecule has 1 aromatic rings. The van der Waals surface area contributed by atoms with E-state index in [1.54, 1.807) is 6.07 Å². The van der Waals surface area contributed by atoms with Crippen molar-refractivity contribution < 1.29 is 4.39 Å². The molecule has 0 amide bonds. The first-order valence-corrected chi connectivity index (χ1v) is 5.29. The second-order valence-corrected chi connectivity index (χ2v) is 5.07. The predicted molar refractivity (Wildman–Crippen MR) is 60.8 cm³/mol. The van der Waals surface area contributed by atoms with Crippen molar-refractivity contribution in [3.05, 3.63) is 33.0 Å². The summed E-state index contributed by atoms with van der Waals surface area (Å²) >= 11 is 3.19. The summed E-state index contributed by atoms with van der Waals surface area (Å²) in [5.41, 5.74) is 7.85. The highest BCUT2D eigenvalue weighted by Crippen LogP contribution is 2.31. The zero-order valence-electron chi connectivity index (χ0n) is 8.91. The Balaban J connectivity index is 3.56. The number of benzene rings is 1. The normalized spacial score (nSPS) is 11.9. The van der Waals surface area contributed by atoms with Gasteiger partial charge in [0.05, 0.1) is 4.47 Å². The summed E-state index contributed by atoms with van der Waals surface area (Å²) in [5, 5.41) is 0. The van der Waals surface area contributed by atoms with Crippen LogP contribution in [0.4, 0.5) is 4.39 Å². The van der Waals surface area contributed by atoms with E-state index in [0.717, 1.165) is 11.1 Å². The van der Waals surface area contributed by atoms with E-state index in [1.807, 2.05) is 27.7 Å². The maximum absolute atomic E-state index is 13.8. The molecule has 0 radical (unpaired) electrons. The SMILES string of the molecule is Cc1cc(Br)c(F)c(C(C)(C)N)c1C. The van der Waals surface area contributed by atoms with E-state index in [4.69, 9.17) is 5.73 Å². The van der Waals surface area contributed by atoms with Gasteiger partial charge in [0, 0.05) is 11.1 Å². The molecule has 0 aliphatic carbocycles. The summed E-state index contributed by atoms with van der Waals surface area (Å²) in [6, 6.07) is 1.78. The molecule has 0 fully saturated rings. The summed E-state index contributed by atoms with van der Waals surface area (Å²) < 4.78 is 14.3. The number of aryl methyl sites for hydroxylation is 1. The van der Waals surface area contributed by atoms with Crippen LogP contribution in [0, 0.1) is 19.7 Å². The molecule has 0 aliphatic heterocycles. The fraction of sp³-hybridized carbons (Fsp3) is 0.455. The Morgan fingerprint density at radius 3 is 2.29 bits per heavy atom. The van der Waals surface area contributed by atoms with Gasteiger partial charge in [-0.05, 0) is 60.8 Å². The molecule has 0 bridgehead atoms. The van der Waals surface area contributed by atoms with Gasteiger partial charge in [-0.1, -0.05) is 0 Å². The van der Waals surface area contributed by atoms with Crippen molar-refractivity contribution >= 4 is 15.9 Å². The largest absolute Gasteiger partial charge is 0.322 e. The lowest BCUT2D eigenvalue weighted by Gasteiger charge is -2.24. The zero-order chi connectivity index (χ0) is 11.1. The van der Waals surface area contributed by atoms with E-state index < -0.39 is 5.54 Å². The monoisotopic (exact) mass is 259 g/mol.